The second-order valence-electron chi connectivity index (χ2n) is 11.7. The lowest BCUT2D eigenvalue weighted by Gasteiger charge is -2.36. The van der Waals surface area contributed by atoms with Crippen molar-refractivity contribution in [1.82, 2.24) is 5.32 Å². The topological polar surface area (TPSA) is 237 Å². The van der Waals surface area contributed by atoms with E-state index in [0.717, 1.165) is 0 Å². The molecular weight excluding hydrogens is 649 g/mol. The summed E-state index contributed by atoms with van der Waals surface area (Å²) in [5.41, 5.74) is -1.74. The van der Waals surface area contributed by atoms with E-state index in [1.807, 2.05) is 20.8 Å². The van der Waals surface area contributed by atoms with Crippen LogP contribution >= 0.6 is 7.82 Å². The molecule has 0 aliphatic rings. The quantitative estimate of drug-likeness (QED) is 0.0672. The van der Waals surface area contributed by atoms with Gasteiger partial charge in [-0.05, 0) is 34.6 Å². The van der Waals surface area contributed by atoms with E-state index in [9.17, 15) is 33.3 Å². The van der Waals surface area contributed by atoms with Gasteiger partial charge in [0.1, 0.15) is 5.60 Å². The molecule has 4 unspecified atom stereocenters. The van der Waals surface area contributed by atoms with Crippen LogP contribution in [0.2, 0.25) is 0 Å². The SMILES string of the molecule is CCC(=O)OC(C(=O)NCCOP(=O)(O)O)C(OC(=O)CC)C(OC(=O)CC)C(OC(=O)CC)C(=O)OC(C)(C)CCOC(C)(C)C. The van der Waals surface area contributed by atoms with E-state index in [2.05, 4.69) is 9.84 Å². The molecule has 0 bridgehead atoms. The molecule has 0 aromatic heterocycles. The van der Waals surface area contributed by atoms with Gasteiger partial charge in [-0.15, -0.1) is 0 Å². The van der Waals surface area contributed by atoms with Crippen LogP contribution in [0.1, 0.15) is 94.4 Å². The second-order valence-corrected chi connectivity index (χ2v) is 12.9. The fraction of sp³-hybridized carbons (Fsp3) is 0.793. The summed E-state index contributed by atoms with van der Waals surface area (Å²) in [6.07, 6.45) is -9.38. The van der Waals surface area contributed by atoms with Crippen molar-refractivity contribution in [3.63, 3.8) is 0 Å². The van der Waals surface area contributed by atoms with E-state index < -0.39 is 92.3 Å². The molecule has 0 fully saturated rings. The molecule has 0 aliphatic carbocycles. The number of hydrogen-bond donors (Lipinski definition) is 3. The molecule has 0 spiro atoms. The Kier molecular flexibility index (Phi) is 19.0. The Morgan fingerprint density at radius 3 is 1.53 bits per heavy atom. The van der Waals surface area contributed by atoms with E-state index in [0.29, 0.717) is 0 Å². The largest absolute Gasteiger partial charge is 0.469 e. The highest BCUT2D eigenvalue weighted by molar-refractivity contribution is 7.46. The zero-order chi connectivity index (χ0) is 36.6. The van der Waals surface area contributed by atoms with E-state index in [1.165, 1.54) is 27.7 Å². The summed E-state index contributed by atoms with van der Waals surface area (Å²) in [6, 6.07) is 0. The molecule has 47 heavy (non-hydrogen) atoms. The zero-order valence-electron chi connectivity index (χ0n) is 28.5. The monoisotopic (exact) mass is 699 g/mol. The molecule has 0 heterocycles. The third kappa shape index (κ3) is 18.7. The summed E-state index contributed by atoms with van der Waals surface area (Å²) in [5, 5.41) is 2.22. The summed E-state index contributed by atoms with van der Waals surface area (Å²) in [6.45, 7) is 13.1. The lowest BCUT2D eigenvalue weighted by molar-refractivity contribution is -0.211. The van der Waals surface area contributed by atoms with Crippen LogP contribution in [0.25, 0.3) is 0 Å². The summed E-state index contributed by atoms with van der Waals surface area (Å²) >= 11 is 0. The van der Waals surface area contributed by atoms with Gasteiger partial charge in [-0.25, -0.2) is 9.36 Å². The minimum Gasteiger partial charge on any atom is -0.457 e. The first-order valence-electron chi connectivity index (χ1n) is 15.2. The van der Waals surface area contributed by atoms with Crippen LogP contribution in [-0.4, -0.2) is 101 Å². The standard InChI is InChI=1S/C29H50NO16P/c1-10-18(31)42-22(24(44-20(33)12-3)26(35)30-15-17-41-47(37,38)39)23(43-19(32)11-2)25(45-21(34)13-4)27(36)46-29(8,9)14-16-40-28(5,6)7/h22-25H,10-17H2,1-9H3,(H,30,35)(H2,37,38,39). The van der Waals surface area contributed by atoms with Crippen LogP contribution in [0.3, 0.4) is 0 Å². The van der Waals surface area contributed by atoms with Crippen molar-refractivity contribution in [2.24, 2.45) is 0 Å². The highest BCUT2D eigenvalue weighted by Gasteiger charge is 2.51. The number of phosphoric ester groups is 1. The zero-order valence-corrected chi connectivity index (χ0v) is 29.4. The normalized spacial score (nSPS) is 14.5. The van der Waals surface area contributed by atoms with Gasteiger partial charge in [0.25, 0.3) is 5.91 Å². The van der Waals surface area contributed by atoms with Crippen LogP contribution in [0.5, 0.6) is 0 Å². The number of esters is 5. The molecule has 0 aromatic rings. The highest BCUT2D eigenvalue weighted by Crippen LogP contribution is 2.35. The molecule has 0 aromatic carbocycles. The molecule has 18 heteroatoms. The third-order valence-corrected chi connectivity index (χ3v) is 6.41. The smallest absolute Gasteiger partial charge is 0.457 e. The van der Waals surface area contributed by atoms with Crippen molar-refractivity contribution in [3.05, 3.63) is 0 Å². The van der Waals surface area contributed by atoms with Crippen molar-refractivity contribution in [2.45, 2.75) is 130 Å². The van der Waals surface area contributed by atoms with Gasteiger partial charge in [-0.1, -0.05) is 27.7 Å². The van der Waals surface area contributed by atoms with Crippen LogP contribution in [-0.2, 0) is 66.3 Å². The minimum absolute atomic E-state index is 0.162. The molecule has 0 radical (unpaired) electrons. The number of rotatable bonds is 21. The Morgan fingerprint density at radius 1 is 0.681 bits per heavy atom. The fourth-order valence-electron chi connectivity index (χ4n) is 3.47. The summed E-state index contributed by atoms with van der Waals surface area (Å²) < 4.78 is 48.3. The third-order valence-electron chi connectivity index (χ3n) is 5.89. The average Bonchev–Trinajstić information content (AvgIpc) is 2.96. The maximum Gasteiger partial charge on any atom is 0.469 e. The number of nitrogens with one attached hydrogen (secondary N) is 1. The Morgan fingerprint density at radius 2 is 1.11 bits per heavy atom. The molecule has 1 amide bonds. The summed E-state index contributed by atoms with van der Waals surface area (Å²) in [5.74, 6) is -6.35. The van der Waals surface area contributed by atoms with Gasteiger partial charge < -0.3 is 43.5 Å². The molecule has 17 nitrogen and oxygen atoms in total. The molecule has 0 aliphatic heterocycles. The van der Waals surface area contributed by atoms with Crippen molar-refractivity contribution < 1.29 is 76.1 Å². The average molecular weight is 700 g/mol. The molecule has 3 N–H and O–H groups in total. The first-order chi connectivity index (χ1) is 21.6. The second kappa shape index (κ2) is 20.3. The first-order valence-corrected chi connectivity index (χ1v) is 16.7. The first kappa shape index (κ1) is 43.9. The lowest BCUT2D eigenvalue weighted by atomic mass is 9.99. The molecule has 0 rings (SSSR count). The van der Waals surface area contributed by atoms with Crippen molar-refractivity contribution in [2.75, 3.05) is 19.8 Å². The maximum absolute atomic E-state index is 13.7. The predicted octanol–water partition coefficient (Wildman–Crippen LogP) is 2.03. The van der Waals surface area contributed by atoms with Crippen molar-refractivity contribution >= 4 is 43.6 Å². The van der Waals surface area contributed by atoms with Gasteiger partial charge in [0, 0.05) is 38.6 Å². The summed E-state index contributed by atoms with van der Waals surface area (Å²) in [7, 11) is -4.90. The number of hydrogen-bond acceptors (Lipinski definition) is 14. The lowest BCUT2D eigenvalue weighted by Crippen LogP contribution is -2.59. The number of phosphoric acid groups is 1. The molecular formula is C29H50NO16P. The van der Waals surface area contributed by atoms with Crippen LogP contribution in [0, 0.1) is 0 Å². The Hall–Kier alpha value is -3.11. The minimum atomic E-state index is -4.90. The Labute approximate surface area is 274 Å². The van der Waals surface area contributed by atoms with Crippen molar-refractivity contribution in [3.8, 4) is 0 Å². The van der Waals surface area contributed by atoms with Gasteiger partial charge in [-0.3, -0.25) is 28.5 Å². The highest BCUT2D eigenvalue weighted by atomic mass is 31.2. The van der Waals surface area contributed by atoms with Crippen LogP contribution < -0.4 is 5.32 Å². The van der Waals surface area contributed by atoms with Gasteiger partial charge in [-0.2, -0.15) is 0 Å². The van der Waals surface area contributed by atoms with Crippen LogP contribution in [0.4, 0.5) is 0 Å². The molecule has 0 saturated heterocycles. The molecule has 272 valence electrons. The maximum atomic E-state index is 13.7. The Bertz CT molecular complexity index is 1110. The van der Waals surface area contributed by atoms with Gasteiger partial charge >= 0.3 is 37.7 Å². The van der Waals surface area contributed by atoms with Gasteiger partial charge in [0.05, 0.1) is 18.8 Å². The van der Waals surface area contributed by atoms with E-state index in [4.69, 9.17) is 38.2 Å². The van der Waals surface area contributed by atoms with E-state index >= 15 is 0 Å². The Balaban J connectivity index is 6.97. The molecule has 0 saturated carbocycles. The van der Waals surface area contributed by atoms with Crippen LogP contribution in [0.15, 0.2) is 0 Å². The predicted molar refractivity (Wildman–Crippen MR) is 162 cm³/mol. The number of carbonyl (C=O) groups is 6. The summed E-state index contributed by atoms with van der Waals surface area (Å²) in [4.78, 5) is 95.3. The van der Waals surface area contributed by atoms with E-state index in [-0.39, 0.29) is 38.7 Å². The fourth-order valence-corrected chi connectivity index (χ4v) is 3.79. The van der Waals surface area contributed by atoms with Gasteiger partial charge in [0.15, 0.2) is 12.2 Å². The number of ether oxygens (including phenoxy) is 6. The number of carbonyl (C=O) groups excluding carboxylic acids is 6. The van der Waals surface area contributed by atoms with Crippen molar-refractivity contribution in [1.29, 1.82) is 0 Å². The molecule has 4 atom stereocenters. The number of amides is 1. The van der Waals surface area contributed by atoms with Gasteiger partial charge in [0.2, 0.25) is 12.2 Å². The van der Waals surface area contributed by atoms with E-state index in [1.54, 1.807) is 13.8 Å².